The SMILES string of the molecule is CN(C)CCOc1c(-c2ccccc2N)ccc2c1[nH]c1ccccc12.Cl.Cl. The van der Waals surface area contributed by atoms with Crippen LogP contribution in [0, 0.1) is 0 Å². The predicted molar refractivity (Wildman–Crippen MR) is 124 cm³/mol. The maximum atomic E-state index is 6.27. The summed E-state index contributed by atoms with van der Waals surface area (Å²) in [4.78, 5) is 5.65. The Morgan fingerprint density at radius 2 is 1.57 bits per heavy atom. The number of aromatic nitrogens is 1. The van der Waals surface area contributed by atoms with E-state index in [4.69, 9.17) is 10.5 Å². The molecule has 0 aliphatic heterocycles. The molecule has 4 rings (SSSR count). The van der Waals surface area contributed by atoms with Gasteiger partial charge in [-0.25, -0.2) is 0 Å². The lowest BCUT2D eigenvalue weighted by Gasteiger charge is -2.16. The molecule has 0 aliphatic carbocycles. The number of para-hydroxylation sites is 2. The molecule has 0 bridgehead atoms. The van der Waals surface area contributed by atoms with Crippen molar-refractivity contribution in [3.63, 3.8) is 0 Å². The first-order valence-electron chi connectivity index (χ1n) is 8.81. The van der Waals surface area contributed by atoms with Gasteiger partial charge in [0.15, 0.2) is 5.75 Å². The first-order chi connectivity index (χ1) is 12.6. The number of nitrogens with two attached hydrogens (primary N) is 1. The van der Waals surface area contributed by atoms with Crippen LogP contribution in [0.1, 0.15) is 0 Å². The molecule has 4 aromatic rings. The molecule has 148 valence electrons. The van der Waals surface area contributed by atoms with Gasteiger partial charge in [0, 0.05) is 39.6 Å². The van der Waals surface area contributed by atoms with Crippen LogP contribution < -0.4 is 10.5 Å². The van der Waals surface area contributed by atoms with Crippen molar-refractivity contribution in [3.05, 3.63) is 60.7 Å². The van der Waals surface area contributed by atoms with Gasteiger partial charge < -0.3 is 20.4 Å². The fourth-order valence-electron chi connectivity index (χ4n) is 3.33. The van der Waals surface area contributed by atoms with Gasteiger partial charge in [-0.15, -0.1) is 24.8 Å². The largest absolute Gasteiger partial charge is 0.489 e. The van der Waals surface area contributed by atoms with Gasteiger partial charge in [0.25, 0.3) is 0 Å². The number of likely N-dealkylation sites (N-methyl/N-ethyl adjacent to an activating group) is 1. The Hall–Kier alpha value is -2.40. The Balaban J connectivity index is 0.00000140. The number of H-pyrrole nitrogens is 1. The molecule has 0 unspecified atom stereocenters. The topological polar surface area (TPSA) is 54.3 Å². The van der Waals surface area contributed by atoms with Crippen molar-refractivity contribution in [2.75, 3.05) is 33.0 Å². The molecule has 0 aliphatic rings. The molecule has 0 radical (unpaired) electrons. The number of ether oxygens (including phenoxy) is 1. The van der Waals surface area contributed by atoms with E-state index >= 15 is 0 Å². The summed E-state index contributed by atoms with van der Waals surface area (Å²) in [6, 6.07) is 20.5. The fraction of sp³-hybridized carbons (Fsp3) is 0.182. The number of hydrogen-bond acceptors (Lipinski definition) is 3. The van der Waals surface area contributed by atoms with E-state index in [1.807, 2.05) is 44.4 Å². The number of halogens is 2. The summed E-state index contributed by atoms with van der Waals surface area (Å²) in [5.74, 6) is 0.860. The molecule has 0 fully saturated rings. The van der Waals surface area contributed by atoms with Crippen molar-refractivity contribution >= 4 is 52.3 Å². The lowest BCUT2D eigenvalue weighted by atomic mass is 10.0. The van der Waals surface area contributed by atoms with Gasteiger partial charge in [-0.2, -0.15) is 0 Å². The third kappa shape index (κ3) is 4.04. The highest BCUT2D eigenvalue weighted by Gasteiger charge is 2.16. The van der Waals surface area contributed by atoms with E-state index in [1.54, 1.807) is 0 Å². The summed E-state index contributed by atoms with van der Waals surface area (Å²) < 4.78 is 6.27. The second-order valence-electron chi connectivity index (χ2n) is 6.77. The summed E-state index contributed by atoms with van der Waals surface area (Å²) in [5, 5.41) is 2.37. The smallest absolute Gasteiger partial charge is 0.151 e. The van der Waals surface area contributed by atoms with Gasteiger partial charge in [0.1, 0.15) is 6.61 Å². The van der Waals surface area contributed by atoms with Gasteiger partial charge in [-0.05, 0) is 32.3 Å². The monoisotopic (exact) mass is 417 g/mol. The van der Waals surface area contributed by atoms with E-state index in [0.717, 1.165) is 40.1 Å². The number of hydrogen-bond donors (Lipinski definition) is 2. The van der Waals surface area contributed by atoms with Crippen molar-refractivity contribution in [2.45, 2.75) is 0 Å². The zero-order chi connectivity index (χ0) is 18.1. The zero-order valence-corrected chi connectivity index (χ0v) is 17.6. The fourth-order valence-corrected chi connectivity index (χ4v) is 3.33. The molecular formula is C22H25Cl2N3O. The highest BCUT2D eigenvalue weighted by atomic mass is 35.5. The number of rotatable bonds is 5. The van der Waals surface area contributed by atoms with Crippen LogP contribution in [-0.2, 0) is 0 Å². The average molecular weight is 418 g/mol. The number of aromatic amines is 1. The standard InChI is InChI=1S/C22H23N3O.2ClH/c1-25(2)13-14-26-22-18(15-7-3-5-9-19(15)23)12-11-17-16-8-4-6-10-20(16)24-21(17)22;;/h3-12,24H,13-14,23H2,1-2H3;2*1H. The molecule has 4 nitrogen and oxygen atoms in total. The predicted octanol–water partition coefficient (Wildman–Crippen LogP) is 5.35. The highest BCUT2D eigenvalue weighted by Crippen LogP contribution is 2.41. The second-order valence-corrected chi connectivity index (χ2v) is 6.77. The summed E-state index contributed by atoms with van der Waals surface area (Å²) in [5.41, 5.74) is 11.1. The van der Waals surface area contributed by atoms with Gasteiger partial charge in [-0.1, -0.05) is 42.5 Å². The van der Waals surface area contributed by atoms with E-state index in [2.05, 4.69) is 40.2 Å². The number of anilines is 1. The van der Waals surface area contributed by atoms with E-state index in [9.17, 15) is 0 Å². The molecule has 0 spiro atoms. The Morgan fingerprint density at radius 3 is 2.32 bits per heavy atom. The van der Waals surface area contributed by atoms with Crippen LogP contribution in [0.3, 0.4) is 0 Å². The lowest BCUT2D eigenvalue weighted by Crippen LogP contribution is -2.19. The number of nitrogens with zero attached hydrogens (tertiary/aromatic N) is 1. The summed E-state index contributed by atoms with van der Waals surface area (Å²) >= 11 is 0. The summed E-state index contributed by atoms with van der Waals surface area (Å²) in [6.07, 6.45) is 0. The van der Waals surface area contributed by atoms with Crippen LogP contribution in [0.15, 0.2) is 60.7 Å². The first-order valence-corrected chi connectivity index (χ1v) is 8.81. The third-order valence-electron chi connectivity index (χ3n) is 4.67. The minimum Gasteiger partial charge on any atom is -0.489 e. The number of nitrogen functional groups attached to an aromatic ring is 1. The minimum absolute atomic E-state index is 0. The van der Waals surface area contributed by atoms with Crippen LogP contribution in [0.5, 0.6) is 5.75 Å². The van der Waals surface area contributed by atoms with Crippen LogP contribution in [-0.4, -0.2) is 37.1 Å². The molecule has 0 atom stereocenters. The summed E-state index contributed by atoms with van der Waals surface area (Å²) in [6.45, 7) is 1.46. The minimum atomic E-state index is 0. The van der Waals surface area contributed by atoms with Crippen LogP contribution in [0.4, 0.5) is 5.69 Å². The highest BCUT2D eigenvalue weighted by molar-refractivity contribution is 6.11. The molecule has 3 N–H and O–H groups in total. The van der Waals surface area contributed by atoms with Crippen molar-refractivity contribution in [2.24, 2.45) is 0 Å². The Labute approximate surface area is 177 Å². The van der Waals surface area contributed by atoms with Crippen molar-refractivity contribution in [3.8, 4) is 16.9 Å². The van der Waals surface area contributed by atoms with Gasteiger partial charge in [0.2, 0.25) is 0 Å². The molecular weight excluding hydrogens is 393 g/mol. The molecule has 28 heavy (non-hydrogen) atoms. The third-order valence-corrected chi connectivity index (χ3v) is 4.67. The Bertz CT molecular complexity index is 1080. The van der Waals surface area contributed by atoms with Crippen molar-refractivity contribution in [1.82, 2.24) is 9.88 Å². The normalized spacial score (nSPS) is 10.7. The molecule has 1 aromatic heterocycles. The van der Waals surface area contributed by atoms with Crippen molar-refractivity contribution in [1.29, 1.82) is 0 Å². The van der Waals surface area contributed by atoms with E-state index in [-0.39, 0.29) is 24.8 Å². The van der Waals surface area contributed by atoms with Gasteiger partial charge in [-0.3, -0.25) is 0 Å². The molecule has 0 saturated carbocycles. The second kappa shape index (κ2) is 9.20. The van der Waals surface area contributed by atoms with E-state index < -0.39 is 0 Å². The van der Waals surface area contributed by atoms with Gasteiger partial charge in [0.05, 0.1) is 5.52 Å². The van der Waals surface area contributed by atoms with Crippen LogP contribution in [0.2, 0.25) is 0 Å². The number of fused-ring (bicyclic) bond motifs is 3. The maximum absolute atomic E-state index is 6.27. The molecule has 3 aromatic carbocycles. The Kier molecular flexibility index (Phi) is 7.19. The van der Waals surface area contributed by atoms with Crippen molar-refractivity contribution < 1.29 is 4.74 Å². The van der Waals surface area contributed by atoms with E-state index in [0.29, 0.717) is 6.61 Å². The first kappa shape index (κ1) is 21.9. The Morgan fingerprint density at radius 1 is 0.857 bits per heavy atom. The zero-order valence-electron chi connectivity index (χ0n) is 15.9. The summed E-state index contributed by atoms with van der Waals surface area (Å²) in [7, 11) is 4.09. The number of benzene rings is 3. The quantitative estimate of drug-likeness (QED) is 0.430. The maximum Gasteiger partial charge on any atom is 0.151 e. The van der Waals surface area contributed by atoms with E-state index in [1.165, 1.54) is 10.8 Å². The van der Waals surface area contributed by atoms with Crippen LogP contribution in [0.25, 0.3) is 32.9 Å². The molecule has 6 heteroatoms. The molecule has 0 saturated heterocycles. The van der Waals surface area contributed by atoms with Crippen LogP contribution >= 0.6 is 24.8 Å². The number of nitrogens with one attached hydrogen (secondary N) is 1. The van der Waals surface area contributed by atoms with Gasteiger partial charge >= 0.3 is 0 Å². The molecule has 1 heterocycles. The molecule has 0 amide bonds. The lowest BCUT2D eigenvalue weighted by molar-refractivity contribution is 0.264. The average Bonchev–Trinajstić information content (AvgIpc) is 3.01.